The molecular formula is C26H25N5O3. The smallest absolute Gasteiger partial charge is 0.161 e. The van der Waals surface area contributed by atoms with Crippen molar-refractivity contribution in [2.45, 2.75) is 6.04 Å². The molecule has 172 valence electrons. The van der Waals surface area contributed by atoms with E-state index in [2.05, 4.69) is 27.8 Å². The van der Waals surface area contributed by atoms with E-state index in [4.69, 9.17) is 19.6 Å². The summed E-state index contributed by atoms with van der Waals surface area (Å²) in [7, 11) is 0. The second-order valence-electron chi connectivity index (χ2n) is 8.12. The van der Waals surface area contributed by atoms with Gasteiger partial charge in [-0.2, -0.15) is 5.26 Å². The molecular weight excluding hydrogens is 430 g/mol. The van der Waals surface area contributed by atoms with E-state index < -0.39 is 0 Å². The Hall–Kier alpha value is -3.93. The Morgan fingerprint density at radius 1 is 1.15 bits per heavy atom. The number of hydrogen-bond donors (Lipinski definition) is 3. The van der Waals surface area contributed by atoms with Crippen molar-refractivity contribution in [2.24, 2.45) is 15.9 Å². The zero-order chi connectivity index (χ0) is 23.3. The number of fused-ring (bicyclic) bond motifs is 2. The van der Waals surface area contributed by atoms with Crippen LogP contribution in [0.15, 0.2) is 70.3 Å². The number of dihydropyridines is 1. The fraction of sp³-hybridized carbons (Fsp3) is 0.269. The highest BCUT2D eigenvalue weighted by Crippen LogP contribution is 2.37. The van der Waals surface area contributed by atoms with Gasteiger partial charge in [0, 0.05) is 37.0 Å². The normalized spacial score (nSPS) is 20.1. The number of ether oxygens (including phenoxy) is 2. The number of aliphatic hydroxyl groups excluding tert-OH is 1. The molecule has 0 aromatic heterocycles. The van der Waals surface area contributed by atoms with E-state index in [1.54, 1.807) is 6.20 Å². The number of rotatable bonds is 6. The van der Waals surface area contributed by atoms with Gasteiger partial charge in [-0.25, -0.2) is 4.99 Å². The van der Waals surface area contributed by atoms with Crippen LogP contribution in [0, 0.1) is 17.2 Å². The lowest BCUT2D eigenvalue weighted by molar-refractivity contribution is 0.171. The maximum absolute atomic E-state index is 10.0. The summed E-state index contributed by atoms with van der Waals surface area (Å²) in [5, 5.41) is 25.5. The second kappa shape index (κ2) is 9.91. The van der Waals surface area contributed by atoms with Gasteiger partial charge in [0.05, 0.1) is 17.9 Å². The maximum atomic E-state index is 10.0. The van der Waals surface area contributed by atoms with Crippen LogP contribution >= 0.6 is 0 Å². The van der Waals surface area contributed by atoms with Crippen molar-refractivity contribution < 1.29 is 14.6 Å². The first-order valence-corrected chi connectivity index (χ1v) is 11.3. The highest BCUT2D eigenvalue weighted by atomic mass is 16.6. The number of nitrogens with one attached hydrogen (secondary N) is 2. The van der Waals surface area contributed by atoms with Crippen LogP contribution in [0.5, 0.6) is 11.5 Å². The Morgan fingerprint density at radius 3 is 2.88 bits per heavy atom. The van der Waals surface area contributed by atoms with E-state index in [0.29, 0.717) is 54.9 Å². The number of nitrogens with zero attached hydrogens (tertiary/aromatic N) is 3. The van der Waals surface area contributed by atoms with Crippen molar-refractivity contribution in [3.8, 4) is 28.7 Å². The minimum atomic E-state index is -0.184. The molecule has 5 rings (SSSR count). The van der Waals surface area contributed by atoms with Gasteiger partial charge in [-0.05, 0) is 29.3 Å². The Labute approximate surface area is 198 Å². The van der Waals surface area contributed by atoms with Gasteiger partial charge in [-0.15, -0.1) is 0 Å². The molecule has 0 aliphatic carbocycles. The van der Waals surface area contributed by atoms with Crippen LogP contribution in [0.25, 0.3) is 11.1 Å². The third-order valence-electron chi connectivity index (χ3n) is 5.88. The monoisotopic (exact) mass is 455 g/mol. The Morgan fingerprint density at radius 2 is 2.03 bits per heavy atom. The molecule has 0 saturated carbocycles. The summed E-state index contributed by atoms with van der Waals surface area (Å²) in [5.41, 5.74) is 3.96. The Bertz CT molecular complexity index is 1240. The number of benzene rings is 2. The molecule has 2 atom stereocenters. The van der Waals surface area contributed by atoms with Gasteiger partial charge in [0.15, 0.2) is 11.5 Å². The number of nitriles is 1. The van der Waals surface area contributed by atoms with Gasteiger partial charge in [0.1, 0.15) is 31.2 Å². The van der Waals surface area contributed by atoms with Crippen molar-refractivity contribution in [3.05, 3.63) is 65.9 Å². The van der Waals surface area contributed by atoms with E-state index in [9.17, 15) is 5.26 Å². The zero-order valence-electron chi connectivity index (χ0n) is 18.6. The van der Waals surface area contributed by atoms with E-state index in [1.165, 1.54) is 0 Å². The topological polar surface area (TPSA) is 111 Å². The summed E-state index contributed by atoms with van der Waals surface area (Å²) in [6, 6.07) is 13.6. The molecule has 2 aromatic carbocycles. The molecule has 0 fully saturated rings. The first kappa shape index (κ1) is 21.9. The molecule has 0 radical (unpaired) electrons. The second-order valence-corrected chi connectivity index (χ2v) is 8.12. The molecule has 0 bridgehead atoms. The average molecular weight is 456 g/mol. The summed E-state index contributed by atoms with van der Waals surface area (Å²) >= 11 is 0. The standard InChI is InChI=1S/C26H25N5O3/c27-14-21-20(18-4-5-23-24(13-18)34-11-10-33-23)2-1-3-22(21)31-26-25-19(6-7-29-26)12-17(16-30-25)15-28-8-9-32/h1-7,12-13,16,19,25,28,32H,8-11,15H2,(H,29,31). The fourth-order valence-corrected chi connectivity index (χ4v) is 4.26. The van der Waals surface area contributed by atoms with Gasteiger partial charge in [-0.3, -0.25) is 4.99 Å². The highest BCUT2D eigenvalue weighted by Gasteiger charge is 2.28. The number of amidine groups is 1. The molecule has 34 heavy (non-hydrogen) atoms. The highest BCUT2D eigenvalue weighted by molar-refractivity contribution is 6.04. The third-order valence-corrected chi connectivity index (χ3v) is 5.88. The van der Waals surface area contributed by atoms with Crippen LogP contribution in [0.2, 0.25) is 0 Å². The summed E-state index contributed by atoms with van der Waals surface area (Å²) in [4.78, 5) is 9.25. The van der Waals surface area contributed by atoms with Gasteiger partial charge in [0.25, 0.3) is 0 Å². The predicted octanol–water partition coefficient (Wildman–Crippen LogP) is 2.91. The minimum Gasteiger partial charge on any atom is -0.486 e. The number of aliphatic imine (C=N–C) groups is 2. The van der Waals surface area contributed by atoms with Crippen molar-refractivity contribution in [3.63, 3.8) is 0 Å². The summed E-state index contributed by atoms with van der Waals surface area (Å²) < 4.78 is 11.3. The molecule has 3 aliphatic heterocycles. The van der Waals surface area contributed by atoms with Gasteiger partial charge >= 0.3 is 0 Å². The summed E-state index contributed by atoms with van der Waals surface area (Å²) in [5.74, 6) is 2.16. The number of hydrogen-bond acceptors (Lipinski definition) is 8. The molecule has 0 saturated heterocycles. The molecule has 8 heteroatoms. The molecule has 3 aliphatic rings. The SMILES string of the molecule is N#Cc1c(NC2=NC=CC3C=C(CNCCO)C=NC23)cccc1-c1ccc2c(c1)OCCO2. The quantitative estimate of drug-likeness (QED) is 0.578. The molecule has 0 amide bonds. The molecule has 3 heterocycles. The first-order chi connectivity index (χ1) is 16.8. The first-order valence-electron chi connectivity index (χ1n) is 11.3. The van der Waals surface area contributed by atoms with Crippen molar-refractivity contribution in [2.75, 3.05) is 38.2 Å². The number of aliphatic hydroxyl groups is 1. The van der Waals surface area contributed by atoms with Crippen LogP contribution in [-0.4, -0.2) is 56.1 Å². The van der Waals surface area contributed by atoms with Gasteiger partial charge in [0.2, 0.25) is 0 Å². The fourth-order valence-electron chi connectivity index (χ4n) is 4.26. The van der Waals surface area contributed by atoms with E-state index >= 15 is 0 Å². The van der Waals surface area contributed by atoms with Crippen LogP contribution in [0.1, 0.15) is 5.56 Å². The zero-order valence-corrected chi connectivity index (χ0v) is 18.6. The van der Waals surface area contributed by atoms with Crippen LogP contribution < -0.4 is 20.1 Å². The van der Waals surface area contributed by atoms with Crippen molar-refractivity contribution in [1.82, 2.24) is 5.32 Å². The molecule has 0 spiro atoms. The van der Waals surface area contributed by atoms with Crippen LogP contribution in [0.4, 0.5) is 5.69 Å². The lowest BCUT2D eigenvalue weighted by Crippen LogP contribution is -2.36. The van der Waals surface area contributed by atoms with E-state index in [0.717, 1.165) is 16.7 Å². The minimum absolute atomic E-state index is 0.0717. The predicted molar refractivity (Wildman–Crippen MR) is 132 cm³/mol. The van der Waals surface area contributed by atoms with Gasteiger partial charge < -0.3 is 25.2 Å². The van der Waals surface area contributed by atoms with Crippen LogP contribution in [0.3, 0.4) is 0 Å². The van der Waals surface area contributed by atoms with Crippen molar-refractivity contribution >= 4 is 17.7 Å². The molecule has 3 N–H and O–H groups in total. The van der Waals surface area contributed by atoms with E-state index in [1.807, 2.05) is 48.7 Å². The largest absolute Gasteiger partial charge is 0.486 e. The third kappa shape index (κ3) is 4.44. The molecule has 2 unspecified atom stereocenters. The van der Waals surface area contributed by atoms with Crippen molar-refractivity contribution in [1.29, 1.82) is 5.26 Å². The van der Waals surface area contributed by atoms with E-state index in [-0.39, 0.29) is 18.6 Å². The summed E-state index contributed by atoms with van der Waals surface area (Å²) in [6.07, 6.45) is 7.80. The summed E-state index contributed by atoms with van der Waals surface area (Å²) in [6.45, 7) is 2.33. The number of anilines is 1. The Kier molecular flexibility index (Phi) is 6.38. The Balaban J connectivity index is 1.39. The lowest BCUT2D eigenvalue weighted by Gasteiger charge is -2.28. The lowest BCUT2D eigenvalue weighted by atomic mass is 9.92. The van der Waals surface area contributed by atoms with Crippen LogP contribution in [-0.2, 0) is 0 Å². The molecule has 2 aromatic rings. The maximum Gasteiger partial charge on any atom is 0.161 e. The molecule has 8 nitrogen and oxygen atoms in total. The van der Waals surface area contributed by atoms with Gasteiger partial charge in [-0.1, -0.05) is 30.4 Å². The average Bonchev–Trinajstić information content (AvgIpc) is 2.88.